The third-order valence-corrected chi connectivity index (χ3v) is 6.49. The van der Waals surface area contributed by atoms with Crippen LogP contribution in [0.4, 0.5) is 5.69 Å². The van der Waals surface area contributed by atoms with Crippen molar-refractivity contribution in [1.29, 1.82) is 0 Å². The first kappa shape index (κ1) is 23.4. The lowest BCUT2D eigenvalue weighted by atomic mass is 10.1. The molecule has 40 heavy (non-hydrogen) atoms. The van der Waals surface area contributed by atoms with Crippen molar-refractivity contribution in [2.75, 3.05) is 5.32 Å². The summed E-state index contributed by atoms with van der Waals surface area (Å²) in [7, 11) is 0. The fourth-order valence-electron chi connectivity index (χ4n) is 4.62. The number of aromatic amines is 2. The Kier molecular flexibility index (Phi) is 5.74. The minimum absolute atomic E-state index is 0.115. The third-order valence-electron chi connectivity index (χ3n) is 6.49. The molecule has 6 heterocycles. The van der Waals surface area contributed by atoms with E-state index in [2.05, 4.69) is 35.5 Å². The zero-order valence-electron chi connectivity index (χ0n) is 21.0. The second kappa shape index (κ2) is 9.84. The second-order valence-corrected chi connectivity index (χ2v) is 9.22. The molecule has 0 atom stereocenters. The molecule has 1 aromatic carbocycles. The van der Waals surface area contributed by atoms with E-state index in [-0.39, 0.29) is 12.3 Å². The number of anilines is 1. The quantitative estimate of drug-likeness (QED) is 0.272. The van der Waals surface area contributed by atoms with E-state index in [9.17, 15) is 4.79 Å². The molecule has 0 aliphatic rings. The molecule has 7 rings (SSSR count). The van der Waals surface area contributed by atoms with E-state index in [0.717, 1.165) is 38.9 Å². The van der Waals surface area contributed by atoms with E-state index in [0.29, 0.717) is 28.4 Å². The molecule has 10 heteroatoms. The monoisotopic (exact) mass is 523 g/mol. The van der Waals surface area contributed by atoms with Crippen molar-refractivity contribution >= 4 is 33.7 Å². The number of carbonyl (C=O) groups excluding carboxylic acids is 1. The van der Waals surface area contributed by atoms with Gasteiger partial charge in [0.2, 0.25) is 5.91 Å². The Morgan fingerprint density at radius 3 is 2.52 bits per heavy atom. The second-order valence-electron chi connectivity index (χ2n) is 9.22. The normalized spacial score (nSPS) is 11.2. The van der Waals surface area contributed by atoms with Crippen molar-refractivity contribution < 1.29 is 4.79 Å². The van der Waals surface area contributed by atoms with Gasteiger partial charge in [-0.3, -0.25) is 24.8 Å². The van der Waals surface area contributed by atoms with Crippen molar-refractivity contribution in [2.45, 2.75) is 6.42 Å². The number of aromatic nitrogens is 8. The van der Waals surface area contributed by atoms with E-state index in [1.54, 1.807) is 31.0 Å². The van der Waals surface area contributed by atoms with Crippen molar-refractivity contribution in [3.8, 4) is 34.0 Å². The molecule has 7 aromatic rings. The van der Waals surface area contributed by atoms with E-state index in [1.165, 1.54) is 0 Å². The highest BCUT2D eigenvalue weighted by molar-refractivity contribution is 5.95. The topological polar surface area (TPSA) is 138 Å². The number of benzene rings is 1. The van der Waals surface area contributed by atoms with Gasteiger partial charge in [-0.15, -0.1) is 0 Å². The Morgan fingerprint density at radius 2 is 1.65 bits per heavy atom. The lowest BCUT2D eigenvalue weighted by Gasteiger charge is -2.07. The van der Waals surface area contributed by atoms with Gasteiger partial charge in [-0.25, -0.2) is 9.97 Å². The molecular weight excluding hydrogens is 502 g/mol. The molecule has 3 N–H and O–H groups in total. The number of rotatable bonds is 6. The van der Waals surface area contributed by atoms with Crippen LogP contribution in [-0.2, 0) is 11.2 Å². The summed E-state index contributed by atoms with van der Waals surface area (Å²) in [5.74, 6) is 0.458. The highest BCUT2D eigenvalue weighted by Gasteiger charge is 2.17. The van der Waals surface area contributed by atoms with Crippen LogP contribution in [0.5, 0.6) is 0 Å². The first-order chi connectivity index (χ1) is 19.7. The van der Waals surface area contributed by atoms with Crippen LogP contribution in [0, 0.1) is 0 Å². The van der Waals surface area contributed by atoms with E-state index in [4.69, 9.17) is 9.97 Å². The van der Waals surface area contributed by atoms with Crippen LogP contribution < -0.4 is 5.32 Å². The van der Waals surface area contributed by atoms with Gasteiger partial charge in [-0.2, -0.15) is 5.10 Å². The number of carbonyl (C=O) groups is 1. The minimum Gasteiger partial charge on any atom is -0.336 e. The predicted molar refractivity (Wildman–Crippen MR) is 152 cm³/mol. The van der Waals surface area contributed by atoms with Gasteiger partial charge in [0.25, 0.3) is 0 Å². The lowest BCUT2D eigenvalue weighted by Crippen LogP contribution is -2.14. The minimum atomic E-state index is -0.115. The molecule has 0 unspecified atom stereocenters. The SMILES string of the molecule is O=C(Cc1ccccc1)Nc1cncc(-c2ccc3[nH]nc(-c4nc5c(-c6cccnc6)nccc5[nH]4)c3n2)c1. The van der Waals surface area contributed by atoms with Gasteiger partial charge in [-0.05, 0) is 42.0 Å². The fraction of sp³-hybridized carbons (Fsp3) is 0.0333. The Labute approximate surface area is 227 Å². The van der Waals surface area contributed by atoms with Crippen LogP contribution in [0.25, 0.3) is 56.1 Å². The molecule has 0 aliphatic carbocycles. The van der Waals surface area contributed by atoms with Gasteiger partial charge < -0.3 is 10.3 Å². The maximum atomic E-state index is 12.6. The summed E-state index contributed by atoms with van der Waals surface area (Å²) in [5, 5.41) is 10.5. The highest BCUT2D eigenvalue weighted by Crippen LogP contribution is 2.30. The molecule has 0 fully saturated rings. The number of nitrogens with zero attached hydrogens (tertiary/aromatic N) is 6. The Bertz CT molecular complexity index is 1980. The Hall–Kier alpha value is -5.77. The molecule has 10 nitrogen and oxygen atoms in total. The third kappa shape index (κ3) is 4.43. The molecule has 0 saturated carbocycles. The lowest BCUT2D eigenvalue weighted by molar-refractivity contribution is -0.115. The number of imidazole rings is 1. The van der Waals surface area contributed by atoms with Gasteiger partial charge in [0.15, 0.2) is 11.5 Å². The number of H-pyrrole nitrogens is 2. The average Bonchev–Trinajstić information content (AvgIpc) is 3.62. The first-order valence-corrected chi connectivity index (χ1v) is 12.6. The van der Waals surface area contributed by atoms with Crippen LogP contribution in [0.3, 0.4) is 0 Å². The van der Waals surface area contributed by atoms with E-state index >= 15 is 0 Å². The number of fused-ring (bicyclic) bond motifs is 2. The predicted octanol–water partition coefficient (Wildman–Crippen LogP) is 5.20. The zero-order chi connectivity index (χ0) is 26.9. The van der Waals surface area contributed by atoms with Gasteiger partial charge in [0.1, 0.15) is 11.0 Å². The number of hydrogen-bond acceptors (Lipinski definition) is 7. The molecule has 0 aliphatic heterocycles. The standard InChI is InChI=1S/C30H21N9O/c40-25(13-18-5-2-1-3-6-18)34-21-14-20(16-32-17-21)22-8-9-24-28(35-22)29(39-38-24)30-36-23-10-12-33-26(27(23)37-30)19-7-4-11-31-15-19/h1-12,14-17H,13H2,(H,34,40)(H,36,37)(H,38,39). The summed E-state index contributed by atoms with van der Waals surface area (Å²) in [6.07, 6.45) is 8.85. The molecular formula is C30H21N9O. The number of hydrogen-bond donors (Lipinski definition) is 3. The molecule has 192 valence electrons. The Balaban J connectivity index is 1.21. The molecule has 0 bridgehead atoms. The van der Waals surface area contributed by atoms with E-state index < -0.39 is 0 Å². The van der Waals surface area contributed by atoms with Gasteiger partial charge in [0, 0.05) is 35.9 Å². The summed E-state index contributed by atoms with van der Waals surface area (Å²) >= 11 is 0. The molecule has 6 aromatic heterocycles. The number of nitrogens with one attached hydrogen (secondary N) is 3. The number of pyridine rings is 4. The van der Waals surface area contributed by atoms with Crippen LogP contribution in [0.15, 0.2) is 97.7 Å². The van der Waals surface area contributed by atoms with Gasteiger partial charge in [-0.1, -0.05) is 30.3 Å². The highest BCUT2D eigenvalue weighted by atomic mass is 16.1. The molecule has 0 radical (unpaired) electrons. The van der Waals surface area contributed by atoms with Crippen LogP contribution >= 0.6 is 0 Å². The summed E-state index contributed by atoms with van der Waals surface area (Å²) in [6, 6.07) is 21.0. The maximum absolute atomic E-state index is 12.6. The van der Waals surface area contributed by atoms with Crippen LogP contribution in [-0.4, -0.2) is 46.0 Å². The summed E-state index contributed by atoms with van der Waals surface area (Å²) < 4.78 is 0. The maximum Gasteiger partial charge on any atom is 0.228 e. The van der Waals surface area contributed by atoms with Crippen molar-refractivity contribution in [3.05, 3.63) is 103 Å². The molecule has 0 spiro atoms. The summed E-state index contributed by atoms with van der Waals surface area (Å²) in [5.41, 5.74) is 8.18. The fourth-order valence-corrected chi connectivity index (χ4v) is 4.62. The Morgan fingerprint density at radius 1 is 0.775 bits per heavy atom. The van der Waals surface area contributed by atoms with Crippen LogP contribution in [0.1, 0.15) is 5.56 Å². The largest absolute Gasteiger partial charge is 0.336 e. The van der Waals surface area contributed by atoms with E-state index in [1.807, 2.05) is 66.7 Å². The zero-order valence-corrected chi connectivity index (χ0v) is 21.0. The first-order valence-electron chi connectivity index (χ1n) is 12.6. The van der Waals surface area contributed by atoms with Crippen molar-refractivity contribution in [1.82, 2.24) is 40.1 Å². The molecule has 1 amide bonds. The smallest absolute Gasteiger partial charge is 0.228 e. The summed E-state index contributed by atoms with van der Waals surface area (Å²) in [6.45, 7) is 0. The average molecular weight is 524 g/mol. The van der Waals surface area contributed by atoms with Crippen molar-refractivity contribution in [2.24, 2.45) is 0 Å². The van der Waals surface area contributed by atoms with Crippen LogP contribution in [0.2, 0.25) is 0 Å². The van der Waals surface area contributed by atoms with Gasteiger partial charge >= 0.3 is 0 Å². The summed E-state index contributed by atoms with van der Waals surface area (Å²) in [4.78, 5) is 38.7. The van der Waals surface area contributed by atoms with Crippen molar-refractivity contribution in [3.63, 3.8) is 0 Å². The van der Waals surface area contributed by atoms with Gasteiger partial charge in [0.05, 0.1) is 40.7 Å². The number of amides is 1. The molecule has 0 saturated heterocycles.